The number of benzene rings is 1. The maximum absolute atomic E-state index is 6.30. The Kier molecular flexibility index (Phi) is 5.70. The molecule has 0 saturated heterocycles. The molecule has 1 atom stereocenters. The zero-order chi connectivity index (χ0) is 14.5. The molecule has 0 aliphatic rings. The monoisotopic (exact) mass is 314 g/mol. The van der Waals surface area contributed by atoms with E-state index in [1.165, 1.54) is 0 Å². The van der Waals surface area contributed by atoms with Crippen LogP contribution in [0.1, 0.15) is 37.9 Å². The Morgan fingerprint density at radius 2 is 2.15 bits per heavy atom. The zero-order valence-corrected chi connectivity index (χ0v) is 13.4. The van der Waals surface area contributed by atoms with Crippen LogP contribution in [-0.2, 0) is 11.3 Å². The molecular formula is C15H20Cl2N2O. The van der Waals surface area contributed by atoms with Crippen LogP contribution in [0.15, 0.2) is 18.2 Å². The molecule has 0 fully saturated rings. The van der Waals surface area contributed by atoms with Gasteiger partial charge in [0.1, 0.15) is 5.82 Å². The van der Waals surface area contributed by atoms with Crippen LogP contribution in [0.25, 0.3) is 11.0 Å². The highest BCUT2D eigenvalue weighted by Gasteiger charge is 2.16. The summed E-state index contributed by atoms with van der Waals surface area (Å²) in [5.41, 5.74) is 1.82. The molecule has 20 heavy (non-hydrogen) atoms. The van der Waals surface area contributed by atoms with Crippen molar-refractivity contribution in [2.24, 2.45) is 0 Å². The van der Waals surface area contributed by atoms with E-state index in [1.807, 2.05) is 25.1 Å². The van der Waals surface area contributed by atoms with Crippen LogP contribution in [0.2, 0.25) is 5.02 Å². The van der Waals surface area contributed by atoms with Gasteiger partial charge in [0.2, 0.25) is 0 Å². The molecule has 1 heterocycles. The normalized spacial score (nSPS) is 13.0. The van der Waals surface area contributed by atoms with Gasteiger partial charge in [-0.1, -0.05) is 31.0 Å². The van der Waals surface area contributed by atoms with Gasteiger partial charge < -0.3 is 9.30 Å². The van der Waals surface area contributed by atoms with Crippen molar-refractivity contribution in [1.29, 1.82) is 0 Å². The van der Waals surface area contributed by atoms with Crippen LogP contribution < -0.4 is 0 Å². The molecule has 3 nitrogen and oxygen atoms in total. The number of aromatic nitrogens is 2. The third-order valence-electron chi connectivity index (χ3n) is 3.20. The van der Waals surface area contributed by atoms with E-state index in [-0.39, 0.29) is 5.38 Å². The summed E-state index contributed by atoms with van der Waals surface area (Å²) >= 11 is 12.5. The predicted octanol–water partition coefficient (Wildman–Crippen LogP) is 4.81. The number of hydrogen-bond donors (Lipinski definition) is 0. The standard InChI is InChI=1S/C15H20Cl2N2O/c1-3-4-9-20-10-8-19-14-12(17)6-5-7-13(14)18-15(19)11(2)16/h5-7,11H,3-4,8-10H2,1-2H3. The van der Waals surface area contributed by atoms with Crippen LogP contribution in [-0.4, -0.2) is 22.8 Å². The van der Waals surface area contributed by atoms with E-state index in [0.29, 0.717) is 11.6 Å². The maximum Gasteiger partial charge on any atom is 0.127 e. The van der Waals surface area contributed by atoms with Crippen molar-refractivity contribution in [2.75, 3.05) is 13.2 Å². The minimum Gasteiger partial charge on any atom is -0.380 e. The van der Waals surface area contributed by atoms with E-state index in [2.05, 4.69) is 16.5 Å². The van der Waals surface area contributed by atoms with E-state index < -0.39 is 0 Å². The van der Waals surface area contributed by atoms with Gasteiger partial charge in [0.05, 0.1) is 28.0 Å². The fourth-order valence-electron chi connectivity index (χ4n) is 2.19. The average Bonchev–Trinajstić information content (AvgIpc) is 2.79. The Balaban J connectivity index is 2.22. The number of halogens is 2. The largest absolute Gasteiger partial charge is 0.380 e. The smallest absolute Gasteiger partial charge is 0.127 e. The second-order valence-electron chi connectivity index (χ2n) is 4.81. The highest BCUT2D eigenvalue weighted by molar-refractivity contribution is 6.35. The molecule has 1 aromatic carbocycles. The van der Waals surface area contributed by atoms with Gasteiger partial charge in [0, 0.05) is 13.2 Å². The molecule has 0 radical (unpaired) electrons. The molecule has 1 unspecified atom stereocenters. The Morgan fingerprint density at radius 3 is 2.85 bits per heavy atom. The number of hydrogen-bond acceptors (Lipinski definition) is 2. The summed E-state index contributed by atoms with van der Waals surface area (Å²) in [7, 11) is 0. The number of rotatable bonds is 7. The lowest BCUT2D eigenvalue weighted by Crippen LogP contribution is -2.10. The van der Waals surface area contributed by atoms with Crippen molar-refractivity contribution in [1.82, 2.24) is 9.55 Å². The molecule has 0 spiro atoms. The lowest BCUT2D eigenvalue weighted by molar-refractivity contribution is 0.123. The fourth-order valence-corrected chi connectivity index (χ4v) is 2.63. The van der Waals surface area contributed by atoms with Crippen LogP contribution >= 0.6 is 23.2 Å². The second kappa shape index (κ2) is 7.30. The third kappa shape index (κ3) is 3.46. The Morgan fingerprint density at radius 1 is 1.35 bits per heavy atom. The van der Waals surface area contributed by atoms with Crippen LogP contribution in [0.3, 0.4) is 0 Å². The molecule has 0 N–H and O–H groups in total. The first-order valence-electron chi connectivity index (χ1n) is 7.01. The third-order valence-corrected chi connectivity index (χ3v) is 3.70. The topological polar surface area (TPSA) is 27.1 Å². The number of unbranched alkanes of at least 4 members (excludes halogenated alkanes) is 1. The number of imidazole rings is 1. The maximum atomic E-state index is 6.30. The molecule has 5 heteroatoms. The van der Waals surface area contributed by atoms with Gasteiger partial charge in [-0.25, -0.2) is 4.98 Å². The lowest BCUT2D eigenvalue weighted by atomic mass is 10.3. The Hall–Kier alpha value is -0.770. The number of fused-ring (bicyclic) bond motifs is 1. The molecule has 0 amide bonds. The Labute approximate surface area is 129 Å². The van der Waals surface area contributed by atoms with E-state index in [0.717, 1.165) is 42.9 Å². The molecule has 0 aliphatic carbocycles. The molecule has 0 bridgehead atoms. The number of alkyl halides is 1. The number of nitrogens with zero attached hydrogens (tertiary/aromatic N) is 2. The van der Waals surface area contributed by atoms with Crippen molar-refractivity contribution in [3.8, 4) is 0 Å². The van der Waals surface area contributed by atoms with Crippen LogP contribution in [0.4, 0.5) is 0 Å². The van der Waals surface area contributed by atoms with Gasteiger partial charge in [-0.05, 0) is 25.5 Å². The quantitative estimate of drug-likeness (QED) is 0.542. The summed E-state index contributed by atoms with van der Waals surface area (Å²) in [6.07, 6.45) is 2.23. The van der Waals surface area contributed by atoms with Gasteiger partial charge in [-0.15, -0.1) is 11.6 Å². The SMILES string of the molecule is CCCCOCCn1c(C(C)Cl)nc2cccc(Cl)c21. The van der Waals surface area contributed by atoms with Crippen LogP contribution in [0.5, 0.6) is 0 Å². The number of ether oxygens (including phenoxy) is 1. The van der Waals surface area contributed by atoms with Crippen molar-refractivity contribution in [3.63, 3.8) is 0 Å². The predicted molar refractivity (Wildman–Crippen MR) is 84.7 cm³/mol. The molecular weight excluding hydrogens is 295 g/mol. The Bertz CT molecular complexity index is 566. The molecule has 2 rings (SSSR count). The second-order valence-corrected chi connectivity index (χ2v) is 5.87. The average molecular weight is 315 g/mol. The number of para-hydroxylation sites is 1. The van der Waals surface area contributed by atoms with Crippen molar-refractivity contribution in [2.45, 2.75) is 38.6 Å². The highest BCUT2D eigenvalue weighted by atomic mass is 35.5. The summed E-state index contributed by atoms with van der Waals surface area (Å²) in [5.74, 6) is 0.842. The van der Waals surface area contributed by atoms with Crippen molar-refractivity contribution >= 4 is 34.2 Å². The van der Waals surface area contributed by atoms with Crippen molar-refractivity contribution in [3.05, 3.63) is 29.0 Å². The van der Waals surface area contributed by atoms with E-state index in [1.54, 1.807) is 0 Å². The van der Waals surface area contributed by atoms with Gasteiger partial charge in [-0.3, -0.25) is 0 Å². The first-order valence-corrected chi connectivity index (χ1v) is 7.83. The van der Waals surface area contributed by atoms with E-state index in [9.17, 15) is 0 Å². The zero-order valence-electron chi connectivity index (χ0n) is 11.9. The van der Waals surface area contributed by atoms with E-state index >= 15 is 0 Å². The van der Waals surface area contributed by atoms with Crippen LogP contribution in [0, 0.1) is 0 Å². The molecule has 2 aromatic rings. The summed E-state index contributed by atoms with van der Waals surface area (Å²) in [6.45, 7) is 6.23. The first-order chi connectivity index (χ1) is 9.65. The summed E-state index contributed by atoms with van der Waals surface area (Å²) in [4.78, 5) is 4.58. The van der Waals surface area contributed by atoms with E-state index in [4.69, 9.17) is 27.9 Å². The minimum absolute atomic E-state index is 0.158. The molecule has 110 valence electrons. The molecule has 0 aliphatic heterocycles. The first kappa shape index (κ1) is 15.6. The summed E-state index contributed by atoms with van der Waals surface area (Å²) in [5, 5.41) is 0.543. The van der Waals surface area contributed by atoms with Gasteiger partial charge in [0.15, 0.2) is 0 Å². The lowest BCUT2D eigenvalue weighted by Gasteiger charge is -2.11. The molecule has 0 saturated carbocycles. The summed E-state index contributed by atoms with van der Waals surface area (Å²) in [6, 6.07) is 5.74. The van der Waals surface area contributed by atoms with Gasteiger partial charge in [-0.2, -0.15) is 0 Å². The molecule has 1 aromatic heterocycles. The van der Waals surface area contributed by atoms with Crippen molar-refractivity contribution < 1.29 is 4.74 Å². The summed E-state index contributed by atoms with van der Waals surface area (Å²) < 4.78 is 7.71. The highest BCUT2D eigenvalue weighted by Crippen LogP contribution is 2.29. The minimum atomic E-state index is -0.158. The van der Waals surface area contributed by atoms with Gasteiger partial charge in [0.25, 0.3) is 0 Å². The van der Waals surface area contributed by atoms with Gasteiger partial charge >= 0.3 is 0 Å². The fraction of sp³-hybridized carbons (Fsp3) is 0.533.